The zero-order chi connectivity index (χ0) is 18.2. The van der Waals surface area contributed by atoms with Crippen LogP contribution in [0.4, 0.5) is 15.2 Å². The molecule has 0 saturated heterocycles. The van der Waals surface area contributed by atoms with E-state index in [1.165, 1.54) is 47.4 Å². The van der Waals surface area contributed by atoms with Gasteiger partial charge in [0.1, 0.15) is 5.82 Å². The Hall–Kier alpha value is -2.58. The number of hydrogen-bond donors (Lipinski definition) is 1. The van der Waals surface area contributed by atoms with Crippen LogP contribution in [0.15, 0.2) is 35.7 Å². The number of halogens is 1. The molecule has 132 valence electrons. The normalized spacial score (nSPS) is 10.8. The topological polar surface area (TPSA) is 71.5 Å². The maximum atomic E-state index is 14.0. The number of anilines is 2. The lowest BCUT2D eigenvalue weighted by Crippen LogP contribution is -2.24. The third-order valence-corrected chi connectivity index (χ3v) is 3.96. The summed E-state index contributed by atoms with van der Waals surface area (Å²) in [6, 6.07) is 5.99. The molecule has 1 aromatic heterocycles. The maximum Gasteiger partial charge on any atom is 0.244 e. The largest absolute Gasteiger partial charge is 0.383 e. The minimum Gasteiger partial charge on any atom is -0.383 e. The summed E-state index contributed by atoms with van der Waals surface area (Å²) in [5.74, 6) is -1.14. The van der Waals surface area contributed by atoms with Crippen LogP contribution in [0.2, 0.25) is 0 Å². The fourth-order valence-corrected chi connectivity index (χ4v) is 2.84. The molecule has 1 aromatic carbocycles. The average Bonchev–Trinajstić information content (AvgIpc) is 3.03. The number of thiazole rings is 1. The summed E-state index contributed by atoms with van der Waals surface area (Å²) in [6.07, 6.45) is 2.87. The van der Waals surface area contributed by atoms with E-state index in [4.69, 9.17) is 4.74 Å². The van der Waals surface area contributed by atoms with Crippen molar-refractivity contribution in [3.05, 3.63) is 47.2 Å². The van der Waals surface area contributed by atoms with Crippen LogP contribution >= 0.6 is 11.3 Å². The second-order valence-corrected chi connectivity index (χ2v) is 5.81. The predicted octanol–water partition coefficient (Wildman–Crippen LogP) is 2.74. The highest BCUT2D eigenvalue weighted by molar-refractivity contribution is 7.14. The van der Waals surface area contributed by atoms with Gasteiger partial charge < -0.3 is 10.1 Å². The van der Waals surface area contributed by atoms with E-state index < -0.39 is 5.82 Å². The Morgan fingerprint density at radius 2 is 2.16 bits per heavy atom. The number of nitrogens with zero attached hydrogens (tertiary/aromatic N) is 2. The van der Waals surface area contributed by atoms with E-state index in [0.29, 0.717) is 24.0 Å². The number of carbonyl (C=O) groups is 2. The molecule has 2 aromatic rings. The Labute approximate surface area is 148 Å². The van der Waals surface area contributed by atoms with Crippen molar-refractivity contribution >= 4 is 40.0 Å². The van der Waals surface area contributed by atoms with Crippen molar-refractivity contribution in [1.82, 2.24) is 10.3 Å². The zero-order valence-corrected chi connectivity index (χ0v) is 14.7. The van der Waals surface area contributed by atoms with Gasteiger partial charge in [0.15, 0.2) is 5.13 Å². The van der Waals surface area contributed by atoms with Crippen LogP contribution in [0.1, 0.15) is 12.6 Å². The van der Waals surface area contributed by atoms with Crippen molar-refractivity contribution in [3.63, 3.8) is 0 Å². The van der Waals surface area contributed by atoms with Gasteiger partial charge in [-0.2, -0.15) is 0 Å². The Morgan fingerprint density at radius 3 is 2.84 bits per heavy atom. The van der Waals surface area contributed by atoms with Crippen molar-refractivity contribution in [1.29, 1.82) is 0 Å². The maximum absolute atomic E-state index is 14.0. The monoisotopic (exact) mass is 363 g/mol. The van der Waals surface area contributed by atoms with E-state index in [2.05, 4.69) is 10.3 Å². The van der Waals surface area contributed by atoms with Gasteiger partial charge in [-0.1, -0.05) is 12.1 Å². The first kappa shape index (κ1) is 18.8. The van der Waals surface area contributed by atoms with E-state index in [9.17, 15) is 14.0 Å². The molecule has 2 amide bonds. The van der Waals surface area contributed by atoms with Crippen LogP contribution in [-0.4, -0.2) is 37.1 Å². The van der Waals surface area contributed by atoms with Gasteiger partial charge in [-0.25, -0.2) is 9.37 Å². The summed E-state index contributed by atoms with van der Waals surface area (Å²) in [5.41, 5.74) is 0.640. The van der Waals surface area contributed by atoms with Crippen molar-refractivity contribution in [2.75, 3.05) is 25.2 Å². The van der Waals surface area contributed by atoms with Crippen LogP contribution in [-0.2, 0) is 14.3 Å². The minimum atomic E-state index is -0.512. The fourth-order valence-electron chi connectivity index (χ4n) is 1.99. The number of methoxy groups -OCH3 is 1. The van der Waals surface area contributed by atoms with Crippen LogP contribution in [0.5, 0.6) is 0 Å². The van der Waals surface area contributed by atoms with Crippen LogP contribution in [0, 0.1) is 5.82 Å². The highest BCUT2D eigenvalue weighted by atomic mass is 32.1. The Balaban J connectivity index is 2.14. The third-order valence-electron chi connectivity index (χ3n) is 3.12. The molecule has 25 heavy (non-hydrogen) atoms. The second kappa shape index (κ2) is 9.05. The van der Waals surface area contributed by atoms with E-state index >= 15 is 0 Å². The van der Waals surface area contributed by atoms with E-state index in [-0.39, 0.29) is 17.5 Å². The number of amides is 2. The van der Waals surface area contributed by atoms with Crippen molar-refractivity contribution in [2.45, 2.75) is 6.92 Å². The summed E-state index contributed by atoms with van der Waals surface area (Å²) in [5, 5.41) is 4.66. The number of carbonyl (C=O) groups excluding carboxylic acids is 2. The zero-order valence-electron chi connectivity index (χ0n) is 13.9. The molecule has 0 aliphatic carbocycles. The molecule has 1 heterocycles. The van der Waals surface area contributed by atoms with Crippen LogP contribution < -0.4 is 10.2 Å². The first-order valence-corrected chi connectivity index (χ1v) is 8.36. The lowest BCUT2D eigenvalue weighted by atomic mass is 10.3. The molecule has 8 heteroatoms. The quantitative estimate of drug-likeness (QED) is 0.606. The van der Waals surface area contributed by atoms with Gasteiger partial charge >= 0.3 is 0 Å². The number of nitrogens with one attached hydrogen (secondary N) is 1. The highest BCUT2D eigenvalue weighted by Gasteiger charge is 2.20. The van der Waals surface area contributed by atoms with Crippen molar-refractivity contribution in [3.8, 4) is 0 Å². The highest BCUT2D eigenvalue weighted by Crippen LogP contribution is 2.30. The number of rotatable bonds is 7. The summed E-state index contributed by atoms with van der Waals surface area (Å²) in [6.45, 7) is 2.18. The molecule has 1 N–H and O–H groups in total. The predicted molar refractivity (Wildman–Crippen MR) is 95.3 cm³/mol. The van der Waals surface area contributed by atoms with Crippen molar-refractivity contribution < 1.29 is 18.7 Å². The van der Waals surface area contributed by atoms with Crippen LogP contribution in [0.3, 0.4) is 0 Å². The molecule has 0 unspecified atom stereocenters. The molecule has 0 bridgehead atoms. The van der Waals surface area contributed by atoms with Gasteiger partial charge in [0.05, 0.1) is 18.0 Å². The number of benzene rings is 1. The molecule has 0 aliphatic heterocycles. The van der Waals surface area contributed by atoms with Crippen LogP contribution in [0.25, 0.3) is 6.08 Å². The number of para-hydroxylation sites is 1. The van der Waals surface area contributed by atoms with E-state index in [0.717, 1.165) is 0 Å². The average molecular weight is 363 g/mol. The Morgan fingerprint density at radius 1 is 1.40 bits per heavy atom. The number of ether oxygens (including phenoxy) is 1. The second-order valence-electron chi connectivity index (χ2n) is 4.98. The van der Waals surface area contributed by atoms with Crippen molar-refractivity contribution in [2.24, 2.45) is 0 Å². The van der Waals surface area contributed by atoms with E-state index in [1.807, 2.05) is 0 Å². The Kier molecular flexibility index (Phi) is 6.79. The van der Waals surface area contributed by atoms with Gasteiger partial charge in [0.2, 0.25) is 11.8 Å². The molecule has 0 fully saturated rings. The van der Waals surface area contributed by atoms with Gasteiger partial charge in [0, 0.05) is 32.0 Å². The molecular formula is C17H18FN3O3S. The number of hydrogen-bond acceptors (Lipinski definition) is 5. The standard InChI is InChI=1S/C17H18FN3O3S/c1-12(22)21(15-6-4-3-5-14(15)18)17-20-13(11-25-17)7-8-16(23)19-9-10-24-2/h3-8,11H,9-10H2,1-2H3,(H,19,23)/b8-7+. The first-order chi connectivity index (χ1) is 12.0. The minimum absolute atomic E-state index is 0.136. The summed E-state index contributed by atoms with van der Waals surface area (Å²) < 4.78 is 18.8. The summed E-state index contributed by atoms with van der Waals surface area (Å²) in [7, 11) is 1.55. The molecule has 0 aliphatic rings. The summed E-state index contributed by atoms with van der Waals surface area (Å²) >= 11 is 1.19. The third kappa shape index (κ3) is 5.20. The lowest BCUT2D eigenvalue weighted by molar-refractivity contribution is -0.117. The smallest absolute Gasteiger partial charge is 0.244 e. The molecule has 6 nitrogen and oxygen atoms in total. The molecular weight excluding hydrogens is 345 g/mol. The molecule has 0 spiro atoms. The van der Waals surface area contributed by atoms with Gasteiger partial charge in [-0.05, 0) is 18.2 Å². The van der Waals surface area contributed by atoms with Gasteiger partial charge in [-0.15, -0.1) is 11.3 Å². The SMILES string of the molecule is COCCNC(=O)/C=C/c1csc(N(C(C)=O)c2ccccc2F)n1. The molecule has 2 rings (SSSR count). The van der Waals surface area contributed by atoms with Gasteiger partial charge in [0.25, 0.3) is 0 Å². The Bertz CT molecular complexity index is 776. The first-order valence-electron chi connectivity index (χ1n) is 7.48. The number of aromatic nitrogens is 1. The fraction of sp³-hybridized carbons (Fsp3) is 0.235. The summed E-state index contributed by atoms with van der Waals surface area (Å²) in [4.78, 5) is 29.1. The van der Waals surface area contributed by atoms with E-state index in [1.54, 1.807) is 24.6 Å². The molecule has 0 radical (unpaired) electrons. The lowest BCUT2D eigenvalue weighted by Gasteiger charge is -2.18. The molecule has 0 atom stereocenters. The van der Waals surface area contributed by atoms with Gasteiger partial charge in [-0.3, -0.25) is 14.5 Å². The molecule has 0 saturated carbocycles.